The molecule has 2 aromatic heterocycles. The zero-order chi connectivity index (χ0) is 19.0. The molecule has 140 valence electrons. The summed E-state index contributed by atoms with van der Waals surface area (Å²) in [5, 5.41) is 0.531. The topological polar surface area (TPSA) is 37.6 Å². The first-order chi connectivity index (χ1) is 13.0. The number of fused-ring (bicyclic) bond motifs is 1. The Bertz CT molecular complexity index is 1010. The monoisotopic (exact) mass is 381 g/mol. The first-order valence-corrected chi connectivity index (χ1v) is 9.88. The van der Waals surface area contributed by atoms with E-state index in [0.29, 0.717) is 29.2 Å². The van der Waals surface area contributed by atoms with E-state index in [2.05, 4.69) is 48.0 Å². The first-order valence-electron chi connectivity index (χ1n) is 9.50. The fraction of sp³-hybridized carbons (Fsp3) is 0.364. The van der Waals surface area contributed by atoms with Gasteiger partial charge >= 0.3 is 0 Å². The van der Waals surface area contributed by atoms with Gasteiger partial charge in [-0.25, -0.2) is 4.98 Å². The van der Waals surface area contributed by atoms with E-state index in [4.69, 9.17) is 11.6 Å². The summed E-state index contributed by atoms with van der Waals surface area (Å²) in [6.07, 6.45) is 4.05. The molecule has 1 saturated carbocycles. The van der Waals surface area contributed by atoms with Crippen LogP contribution in [0.5, 0.6) is 0 Å². The summed E-state index contributed by atoms with van der Waals surface area (Å²) in [6.45, 7) is 5.99. The van der Waals surface area contributed by atoms with Crippen LogP contribution in [-0.2, 0) is 13.1 Å². The summed E-state index contributed by atoms with van der Waals surface area (Å²) in [5.41, 5.74) is 4.02. The van der Waals surface area contributed by atoms with Gasteiger partial charge in [-0.05, 0) is 42.0 Å². The Morgan fingerprint density at radius 1 is 1.15 bits per heavy atom. The minimum Gasteiger partial charge on any atom is -0.290 e. The summed E-state index contributed by atoms with van der Waals surface area (Å²) >= 11 is 5.99. The van der Waals surface area contributed by atoms with Crippen LogP contribution in [-0.4, -0.2) is 20.3 Å². The van der Waals surface area contributed by atoms with Crippen LogP contribution in [0.15, 0.2) is 53.5 Å². The fourth-order valence-corrected chi connectivity index (χ4v) is 3.57. The Labute approximate surface area is 164 Å². The van der Waals surface area contributed by atoms with E-state index in [9.17, 15) is 4.79 Å². The number of rotatable bonds is 6. The molecule has 1 aliphatic carbocycles. The lowest BCUT2D eigenvalue weighted by molar-refractivity contribution is 0.243. The maximum atomic E-state index is 12.4. The second-order valence-electron chi connectivity index (χ2n) is 7.69. The van der Waals surface area contributed by atoms with E-state index in [-0.39, 0.29) is 5.56 Å². The number of halogens is 1. The average Bonchev–Trinajstić information content (AvgIpc) is 3.47. The summed E-state index contributed by atoms with van der Waals surface area (Å²) in [5.74, 6) is 0.543. The van der Waals surface area contributed by atoms with Gasteiger partial charge in [-0.15, -0.1) is 0 Å². The third-order valence-corrected chi connectivity index (χ3v) is 5.36. The number of hydrogen-bond donors (Lipinski definition) is 0. The van der Waals surface area contributed by atoms with E-state index < -0.39 is 0 Å². The van der Waals surface area contributed by atoms with E-state index in [1.807, 2.05) is 0 Å². The van der Waals surface area contributed by atoms with Gasteiger partial charge in [0.15, 0.2) is 0 Å². The van der Waals surface area contributed by atoms with Crippen molar-refractivity contribution >= 4 is 17.2 Å². The van der Waals surface area contributed by atoms with Gasteiger partial charge in [0.05, 0.1) is 10.7 Å². The molecule has 0 bridgehead atoms. The largest absolute Gasteiger partial charge is 0.290 e. The van der Waals surface area contributed by atoms with Crippen LogP contribution < -0.4 is 5.56 Å². The molecular formula is C22H24ClN3O. The van der Waals surface area contributed by atoms with E-state index in [0.717, 1.165) is 12.2 Å². The SMILES string of the molecule is CC(C)c1ccc(CN(Cc2cc(=O)n3cc(Cl)ccc3n2)C2CC2)cc1. The highest BCUT2D eigenvalue weighted by Crippen LogP contribution is 2.30. The lowest BCUT2D eigenvalue weighted by atomic mass is 10.0. The molecule has 0 amide bonds. The number of hydrogen-bond acceptors (Lipinski definition) is 3. The molecule has 0 N–H and O–H groups in total. The summed E-state index contributed by atoms with van der Waals surface area (Å²) in [7, 11) is 0. The first kappa shape index (κ1) is 18.2. The second-order valence-corrected chi connectivity index (χ2v) is 8.13. The van der Waals surface area contributed by atoms with Crippen molar-refractivity contribution in [2.45, 2.75) is 51.7 Å². The molecule has 27 heavy (non-hydrogen) atoms. The van der Waals surface area contributed by atoms with Crippen LogP contribution >= 0.6 is 11.6 Å². The Hall–Kier alpha value is -2.17. The van der Waals surface area contributed by atoms with Gasteiger partial charge in [-0.3, -0.25) is 14.1 Å². The highest BCUT2D eigenvalue weighted by molar-refractivity contribution is 6.30. The van der Waals surface area contributed by atoms with Crippen molar-refractivity contribution in [3.63, 3.8) is 0 Å². The zero-order valence-electron chi connectivity index (χ0n) is 15.7. The zero-order valence-corrected chi connectivity index (χ0v) is 16.5. The molecule has 0 saturated heterocycles. The molecule has 0 radical (unpaired) electrons. The minimum absolute atomic E-state index is 0.0884. The molecular weight excluding hydrogens is 358 g/mol. The molecule has 0 spiro atoms. The second kappa shape index (κ2) is 7.45. The van der Waals surface area contributed by atoms with Gasteiger partial charge in [0.2, 0.25) is 0 Å². The van der Waals surface area contributed by atoms with Crippen molar-refractivity contribution in [3.8, 4) is 0 Å². The molecule has 0 unspecified atom stereocenters. The highest BCUT2D eigenvalue weighted by atomic mass is 35.5. The molecule has 4 rings (SSSR count). The van der Waals surface area contributed by atoms with E-state index in [1.54, 1.807) is 24.4 Å². The third-order valence-electron chi connectivity index (χ3n) is 5.14. The number of pyridine rings is 1. The fourth-order valence-electron chi connectivity index (χ4n) is 3.41. The molecule has 0 atom stereocenters. The summed E-state index contributed by atoms with van der Waals surface area (Å²) in [6, 6.07) is 14.6. The van der Waals surface area contributed by atoms with Gasteiger partial charge < -0.3 is 0 Å². The van der Waals surface area contributed by atoms with Crippen LogP contribution in [0.3, 0.4) is 0 Å². The van der Waals surface area contributed by atoms with Crippen molar-refractivity contribution < 1.29 is 0 Å². The lowest BCUT2D eigenvalue weighted by Gasteiger charge is -2.22. The Balaban J connectivity index is 1.56. The quantitative estimate of drug-likeness (QED) is 0.624. The van der Waals surface area contributed by atoms with E-state index in [1.165, 1.54) is 28.4 Å². The number of benzene rings is 1. The highest BCUT2D eigenvalue weighted by Gasteiger charge is 2.29. The van der Waals surface area contributed by atoms with Crippen molar-refractivity contribution in [2.24, 2.45) is 0 Å². The molecule has 1 aromatic carbocycles. The molecule has 0 aliphatic heterocycles. The molecule has 5 heteroatoms. The van der Waals surface area contributed by atoms with Crippen molar-refractivity contribution in [1.29, 1.82) is 0 Å². The van der Waals surface area contributed by atoms with E-state index >= 15 is 0 Å². The van der Waals surface area contributed by atoms with Crippen LogP contribution in [0.25, 0.3) is 5.65 Å². The number of nitrogens with zero attached hydrogens (tertiary/aromatic N) is 3. The van der Waals surface area contributed by atoms with Gasteiger partial charge in [-0.2, -0.15) is 0 Å². The van der Waals surface area contributed by atoms with Gasteiger partial charge in [0, 0.05) is 31.4 Å². The maximum Gasteiger partial charge on any atom is 0.258 e. The van der Waals surface area contributed by atoms with Crippen molar-refractivity contribution in [3.05, 3.63) is 80.9 Å². The minimum atomic E-state index is -0.0884. The third kappa shape index (κ3) is 4.23. The Morgan fingerprint density at radius 2 is 1.89 bits per heavy atom. The van der Waals surface area contributed by atoms with Crippen molar-refractivity contribution in [1.82, 2.24) is 14.3 Å². The van der Waals surface area contributed by atoms with Crippen LogP contribution in [0, 0.1) is 0 Å². The Morgan fingerprint density at radius 3 is 2.56 bits per heavy atom. The van der Waals surface area contributed by atoms with Crippen LogP contribution in [0.4, 0.5) is 0 Å². The molecule has 1 fully saturated rings. The average molecular weight is 382 g/mol. The molecule has 1 aliphatic rings. The van der Waals surface area contributed by atoms with Crippen molar-refractivity contribution in [2.75, 3.05) is 0 Å². The van der Waals surface area contributed by atoms with Crippen LogP contribution in [0.2, 0.25) is 5.02 Å². The normalized spacial score (nSPS) is 14.4. The van der Waals surface area contributed by atoms with Gasteiger partial charge in [0.25, 0.3) is 5.56 Å². The molecule has 2 heterocycles. The predicted octanol–water partition coefficient (Wildman–Crippen LogP) is 4.64. The number of aromatic nitrogens is 2. The molecule has 3 aromatic rings. The Kier molecular flexibility index (Phi) is 5.02. The molecule has 4 nitrogen and oxygen atoms in total. The standard InChI is InChI=1S/C22H24ClN3O/c1-15(2)17-5-3-16(4-6-17)12-25(20-8-9-20)14-19-11-22(27)26-13-18(23)7-10-21(26)24-19/h3-7,10-11,13,15,20H,8-9,12,14H2,1-2H3. The summed E-state index contributed by atoms with van der Waals surface area (Å²) < 4.78 is 1.50. The summed E-state index contributed by atoms with van der Waals surface area (Å²) in [4.78, 5) is 19.5. The smallest absolute Gasteiger partial charge is 0.258 e. The van der Waals surface area contributed by atoms with Gasteiger partial charge in [-0.1, -0.05) is 49.7 Å². The maximum absolute atomic E-state index is 12.4. The van der Waals surface area contributed by atoms with Crippen LogP contribution in [0.1, 0.15) is 49.4 Å². The lowest BCUT2D eigenvalue weighted by Crippen LogP contribution is -2.27. The van der Waals surface area contributed by atoms with Gasteiger partial charge in [0.1, 0.15) is 5.65 Å². The predicted molar refractivity (Wildman–Crippen MR) is 109 cm³/mol.